The van der Waals surface area contributed by atoms with Crippen LogP contribution in [0.2, 0.25) is 0 Å². The number of amides is 1. The van der Waals surface area contributed by atoms with Crippen LogP contribution in [0, 0.1) is 13.8 Å². The number of aryl methyl sites for hydroxylation is 1. The van der Waals surface area contributed by atoms with Crippen LogP contribution < -0.4 is 5.32 Å². The van der Waals surface area contributed by atoms with Gasteiger partial charge in [-0.25, -0.2) is 4.98 Å². The Hall–Kier alpha value is -1.20. The van der Waals surface area contributed by atoms with Gasteiger partial charge in [0.2, 0.25) is 0 Å². The number of benzene rings is 1. The number of hydrogen-bond acceptors (Lipinski definition) is 2. The number of rotatable bonds is 2. The van der Waals surface area contributed by atoms with Gasteiger partial charge in [-0.1, -0.05) is 22.0 Å². The topological polar surface area (TPSA) is 42.0 Å². The van der Waals surface area contributed by atoms with E-state index >= 15 is 0 Å². The fourth-order valence-electron chi connectivity index (χ4n) is 1.68. The summed E-state index contributed by atoms with van der Waals surface area (Å²) >= 11 is 6.75. The molecule has 0 bridgehead atoms. The zero-order valence-corrected chi connectivity index (χ0v) is 13.7. The van der Waals surface area contributed by atoms with Crippen molar-refractivity contribution in [2.45, 2.75) is 13.8 Å². The zero-order valence-electron chi connectivity index (χ0n) is 10.5. The van der Waals surface area contributed by atoms with E-state index in [9.17, 15) is 4.79 Å². The molecule has 0 aliphatic carbocycles. The number of carbonyl (C=O) groups excluding carboxylic acids is 1. The monoisotopic (exact) mass is 382 g/mol. The molecule has 1 amide bonds. The van der Waals surface area contributed by atoms with E-state index in [-0.39, 0.29) is 5.91 Å². The molecule has 0 aliphatic heterocycles. The Bertz CT molecular complexity index is 641. The second kappa shape index (κ2) is 5.84. The first-order valence-corrected chi connectivity index (χ1v) is 7.26. The van der Waals surface area contributed by atoms with Gasteiger partial charge in [0.05, 0.1) is 11.9 Å². The van der Waals surface area contributed by atoms with E-state index in [1.165, 1.54) is 0 Å². The summed E-state index contributed by atoms with van der Waals surface area (Å²) in [6, 6.07) is 7.44. The normalized spacial score (nSPS) is 10.3. The lowest BCUT2D eigenvalue weighted by Gasteiger charge is -2.09. The first kappa shape index (κ1) is 14.2. The largest absolute Gasteiger partial charge is 0.321 e. The number of pyridine rings is 1. The summed E-state index contributed by atoms with van der Waals surface area (Å²) < 4.78 is 1.70. The summed E-state index contributed by atoms with van der Waals surface area (Å²) in [5, 5.41) is 2.85. The molecule has 19 heavy (non-hydrogen) atoms. The molecule has 0 saturated heterocycles. The highest BCUT2D eigenvalue weighted by Gasteiger charge is 2.11. The summed E-state index contributed by atoms with van der Waals surface area (Å²) in [7, 11) is 0. The second-order valence-corrected chi connectivity index (χ2v) is 5.80. The van der Waals surface area contributed by atoms with E-state index in [0.717, 1.165) is 20.2 Å². The summed E-state index contributed by atoms with van der Waals surface area (Å²) in [6.07, 6.45) is 1.63. The molecule has 1 aromatic carbocycles. The summed E-state index contributed by atoms with van der Waals surface area (Å²) in [6.45, 7) is 3.83. The van der Waals surface area contributed by atoms with Gasteiger partial charge >= 0.3 is 0 Å². The van der Waals surface area contributed by atoms with E-state index in [4.69, 9.17) is 0 Å². The molecule has 98 valence electrons. The molecule has 0 spiro atoms. The minimum Gasteiger partial charge on any atom is -0.321 e. The van der Waals surface area contributed by atoms with E-state index in [1.54, 1.807) is 12.3 Å². The van der Waals surface area contributed by atoms with Crippen LogP contribution >= 0.6 is 31.9 Å². The van der Waals surface area contributed by atoms with Gasteiger partial charge in [0.25, 0.3) is 5.91 Å². The van der Waals surface area contributed by atoms with Crippen molar-refractivity contribution in [1.29, 1.82) is 0 Å². The van der Waals surface area contributed by atoms with Gasteiger partial charge in [-0.05, 0) is 59.1 Å². The number of anilines is 1. The molecule has 1 heterocycles. The summed E-state index contributed by atoms with van der Waals surface area (Å²) in [4.78, 5) is 16.4. The minimum absolute atomic E-state index is 0.137. The molecule has 1 aromatic heterocycles. The van der Waals surface area contributed by atoms with Crippen LogP contribution in [0.4, 0.5) is 5.69 Å². The lowest BCUT2D eigenvalue weighted by Crippen LogP contribution is -2.13. The summed E-state index contributed by atoms with van der Waals surface area (Å²) in [5.41, 5.74) is 3.23. The number of halogens is 2. The molecule has 0 saturated carbocycles. The van der Waals surface area contributed by atoms with Crippen molar-refractivity contribution in [1.82, 2.24) is 4.98 Å². The smallest absolute Gasteiger partial charge is 0.256 e. The molecular formula is C14H12Br2N2O. The second-order valence-electron chi connectivity index (χ2n) is 4.20. The molecule has 5 heteroatoms. The van der Waals surface area contributed by atoms with Crippen LogP contribution in [-0.2, 0) is 0 Å². The quantitative estimate of drug-likeness (QED) is 0.777. The van der Waals surface area contributed by atoms with Crippen LogP contribution in [0.5, 0.6) is 0 Å². The fourth-order valence-corrected chi connectivity index (χ4v) is 2.26. The van der Waals surface area contributed by atoms with Crippen molar-refractivity contribution in [2.24, 2.45) is 0 Å². The van der Waals surface area contributed by atoms with Crippen LogP contribution in [-0.4, -0.2) is 10.9 Å². The van der Waals surface area contributed by atoms with Crippen molar-refractivity contribution in [3.8, 4) is 0 Å². The third-order valence-electron chi connectivity index (χ3n) is 2.78. The van der Waals surface area contributed by atoms with Gasteiger partial charge in [0, 0.05) is 10.0 Å². The Morgan fingerprint density at radius 1 is 1.26 bits per heavy atom. The lowest BCUT2D eigenvalue weighted by atomic mass is 10.1. The van der Waals surface area contributed by atoms with Crippen molar-refractivity contribution in [3.05, 3.63) is 56.2 Å². The fraction of sp³-hybridized carbons (Fsp3) is 0.143. The third-order valence-corrected chi connectivity index (χ3v) is 4.47. The first-order chi connectivity index (χ1) is 8.99. The van der Waals surface area contributed by atoms with E-state index in [1.807, 2.05) is 32.0 Å². The van der Waals surface area contributed by atoms with Gasteiger partial charge in [-0.15, -0.1) is 0 Å². The molecule has 0 unspecified atom stereocenters. The van der Waals surface area contributed by atoms with Gasteiger partial charge < -0.3 is 5.32 Å². The van der Waals surface area contributed by atoms with Gasteiger partial charge in [-0.2, -0.15) is 0 Å². The molecular weight excluding hydrogens is 372 g/mol. The lowest BCUT2D eigenvalue weighted by molar-refractivity contribution is 0.102. The Kier molecular flexibility index (Phi) is 4.37. The standard InChI is InChI=1S/C14H12Br2N2O/c1-8-6-10(7-17-13(8)16)18-14(19)11-4-3-5-12(15)9(11)2/h3-7H,1-2H3,(H,18,19). The summed E-state index contributed by atoms with van der Waals surface area (Å²) in [5.74, 6) is -0.137. The molecule has 0 radical (unpaired) electrons. The Balaban J connectivity index is 2.26. The predicted octanol–water partition coefficient (Wildman–Crippen LogP) is 4.48. The molecule has 2 aromatic rings. The van der Waals surface area contributed by atoms with E-state index in [2.05, 4.69) is 42.2 Å². The maximum atomic E-state index is 12.2. The minimum atomic E-state index is -0.137. The highest BCUT2D eigenvalue weighted by atomic mass is 79.9. The number of aromatic nitrogens is 1. The molecule has 1 N–H and O–H groups in total. The Morgan fingerprint density at radius 3 is 2.68 bits per heavy atom. The molecule has 0 atom stereocenters. The average molecular weight is 384 g/mol. The van der Waals surface area contributed by atoms with Crippen molar-refractivity contribution in [2.75, 3.05) is 5.32 Å². The SMILES string of the molecule is Cc1cc(NC(=O)c2cccc(Br)c2C)cnc1Br. The first-order valence-electron chi connectivity index (χ1n) is 5.67. The van der Waals surface area contributed by atoms with Crippen molar-refractivity contribution < 1.29 is 4.79 Å². The Morgan fingerprint density at radius 2 is 2.00 bits per heavy atom. The van der Waals surface area contributed by atoms with Gasteiger partial charge in [-0.3, -0.25) is 4.79 Å². The van der Waals surface area contributed by atoms with E-state index < -0.39 is 0 Å². The molecule has 0 fully saturated rings. The highest BCUT2D eigenvalue weighted by molar-refractivity contribution is 9.10. The van der Waals surface area contributed by atoms with E-state index in [0.29, 0.717) is 11.3 Å². The highest BCUT2D eigenvalue weighted by Crippen LogP contribution is 2.21. The van der Waals surface area contributed by atoms with Crippen molar-refractivity contribution in [3.63, 3.8) is 0 Å². The predicted molar refractivity (Wildman–Crippen MR) is 83.5 cm³/mol. The van der Waals surface area contributed by atoms with Crippen LogP contribution in [0.3, 0.4) is 0 Å². The van der Waals surface area contributed by atoms with Crippen molar-refractivity contribution >= 4 is 43.5 Å². The van der Waals surface area contributed by atoms with Gasteiger partial charge in [0.15, 0.2) is 0 Å². The maximum Gasteiger partial charge on any atom is 0.256 e. The van der Waals surface area contributed by atoms with Crippen LogP contribution in [0.25, 0.3) is 0 Å². The third kappa shape index (κ3) is 3.22. The van der Waals surface area contributed by atoms with Crippen LogP contribution in [0.15, 0.2) is 39.5 Å². The molecule has 2 rings (SSSR count). The Labute approximate surface area is 128 Å². The molecule has 0 aliphatic rings. The average Bonchev–Trinajstić information content (AvgIpc) is 2.37. The number of nitrogens with zero attached hydrogens (tertiary/aromatic N) is 1. The van der Waals surface area contributed by atoms with Gasteiger partial charge in [0.1, 0.15) is 4.60 Å². The molecule has 3 nitrogen and oxygen atoms in total. The number of carbonyl (C=O) groups is 1. The number of hydrogen-bond donors (Lipinski definition) is 1. The van der Waals surface area contributed by atoms with Crippen LogP contribution in [0.1, 0.15) is 21.5 Å². The zero-order chi connectivity index (χ0) is 14.0. The maximum absolute atomic E-state index is 12.2. The number of nitrogens with one attached hydrogen (secondary N) is 1.